The van der Waals surface area contributed by atoms with Gasteiger partial charge in [0.25, 0.3) is 0 Å². The van der Waals surface area contributed by atoms with Crippen LogP contribution in [0.5, 0.6) is 0 Å². The fraction of sp³-hybridized carbons (Fsp3) is 0.0769. The lowest BCUT2D eigenvalue weighted by atomic mass is 9.87. The summed E-state index contributed by atoms with van der Waals surface area (Å²) in [5.74, 6) is 0. The first-order chi connectivity index (χ1) is 7.29. The zero-order valence-corrected chi connectivity index (χ0v) is 8.64. The lowest BCUT2D eigenvalue weighted by Gasteiger charge is -2.02. The molecule has 1 N–H and O–H groups in total. The summed E-state index contributed by atoms with van der Waals surface area (Å²) in [6, 6.07) is 16.2. The van der Waals surface area contributed by atoms with Crippen LogP contribution < -0.4 is 5.46 Å². The Kier molecular flexibility index (Phi) is 2.88. The van der Waals surface area contributed by atoms with E-state index in [4.69, 9.17) is 5.02 Å². The highest BCUT2D eigenvalue weighted by molar-refractivity contribution is 6.45. The first-order valence-corrected chi connectivity index (χ1v) is 4.94. The lowest BCUT2D eigenvalue weighted by molar-refractivity contribution is 0.615. The van der Waals surface area contributed by atoms with Gasteiger partial charge in [0.05, 0.1) is 0 Å². The number of benzene rings is 2. The summed E-state index contributed by atoms with van der Waals surface area (Å²) in [7, 11) is 1.11. The summed E-state index contributed by atoms with van der Waals surface area (Å²) in [6.07, 6.45) is 0. The van der Waals surface area contributed by atoms with Crippen molar-refractivity contribution in [2.24, 2.45) is 0 Å². The second kappa shape index (κ2) is 4.32. The average molecular weight is 195 g/mol. The van der Waals surface area contributed by atoms with Crippen molar-refractivity contribution in [1.29, 1.82) is 0 Å². The molecule has 0 saturated carbocycles. The van der Waals surface area contributed by atoms with Crippen LogP contribution in [0.15, 0.2) is 48.5 Å². The predicted molar refractivity (Wildman–Crippen MR) is 64.2 cm³/mol. The molecule has 0 heterocycles. The molecule has 0 aromatic heterocycles. The lowest BCUT2D eigenvalue weighted by Crippen LogP contribution is -2.11. The predicted octanol–water partition coefficient (Wildman–Crippen LogP) is 1.90. The molecule has 0 unspecified atom stereocenters. The van der Waals surface area contributed by atoms with Gasteiger partial charge in [-0.1, -0.05) is 59.6 Å². The van der Waals surface area contributed by atoms with E-state index < -0.39 is 0 Å². The fourth-order valence-corrected chi connectivity index (χ4v) is 1.51. The molecule has 0 spiro atoms. The summed E-state index contributed by atoms with van der Waals surface area (Å²) in [5, 5.41) is 8.81. The SMILES string of the molecule is Cc1ccc(-c2ccc([B]O)cc2)cc1. The smallest absolute Gasteiger partial charge is 0.326 e. The highest BCUT2D eigenvalue weighted by Crippen LogP contribution is 2.18. The summed E-state index contributed by atoms with van der Waals surface area (Å²) >= 11 is 0. The van der Waals surface area contributed by atoms with Crippen LogP contribution in [0.25, 0.3) is 11.1 Å². The normalized spacial score (nSPS) is 10.0. The second-order valence-corrected chi connectivity index (χ2v) is 3.62. The molecule has 0 fully saturated rings. The van der Waals surface area contributed by atoms with Crippen LogP contribution in [0, 0.1) is 6.92 Å². The number of rotatable bonds is 2. The van der Waals surface area contributed by atoms with Gasteiger partial charge in [-0.2, -0.15) is 0 Å². The van der Waals surface area contributed by atoms with Crippen LogP contribution in [-0.4, -0.2) is 12.5 Å². The topological polar surface area (TPSA) is 20.2 Å². The van der Waals surface area contributed by atoms with Crippen molar-refractivity contribution in [3.63, 3.8) is 0 Å². The van der Waals surface area contributed by atoms with Gasteiger partial charge in [-0.3, -0.25) is 0 Å². The average Bonchev–Trinajstić information content (AvgIpc) is 2.30. The molecule has 2 aromatic carbocycles. The number of aryl methyl sites for hydroxylation is 1. The van der Waals surface area contributed by atoms with E-state index in [9.17, 15) is 0 Å². The first kappa shape index (κ1) is 10.00. The van der Waals surface area contributed by atoms with E-state index in [1.54, 1.807) is 0 Å². The molecule has 0 aliphatic heterocycles. The molecule has 2 aromatic rings. The molecule has 1 radical (unpaired) electrons. The molecule has 0 aliphatic rings. The summed E-state index contributed by atoms with van der Waals surface area (Å²) in [4.78, 5) is 0. The van der Waals surface area contributed by atoms with Crippen LogP contribution in [0.2, 0.25) is 0 Å². The van der Waals surface area contributed by atoms with Crippen molar-refractivity contribution in [3.05, 3.63) is 54.1 Å². The van der Waals surface area contributed by atoms with Crippen molar-refractivity contribution < 1.29 is 5.02 Å². The van der Waals surface area contributed by atoms with Gasteiger partial charge >= 0.3 is 7.48 Å². The van der Waals surface area contributed by atoms with Gasteiger partial charge in [0.15, 0.2) is 0 Å². The standard InChI is InChI=1S/C13H12BO/c1-10-2-4-11(5-3-10)12-6-8-13(14-15)9-7-12/h2-9,15H,1H3. The molecule has 1 nitrogen and oxygen atoms in total. The molecule has 15 heavy (non-hydrogen) atoms. The molecule has 2 heteroatoms. The molecule has 0 bridgehead atoms. The Hall–Kier alpha value is -1.54. The Morgan fingerprint density at radius 2 is 1.27 bits per heavy atom. The van der Waals surface area contributed by atoms with Gasteiger partial charge in [0.2, 0.25) is 0 Å². The van der Waals surface area contributed by atoms with E-state index in [0.29, 0.717) is 0 Å². The second-order valence-electron chi connectivity index (χ2n) is 3.62. The Morgan fingerprint density at radius 3 is 1.73 bits per heavy atom. The van der Waals surface area contributed by atoms with Crippen LogP contribution in [-0.2, 0) is 0 Å². The van der Waals surface area contributed by atoms with Crippen molar-refractivity contribution in [3.8, 4) is 11.1 Å². The van der Waals surface area contributed by atoms with Gasteiger partial charge < -0.3 is 5.02 Å². The molecule has 0 atom stereocenters. The Balaban J connectivity index is 2.33. The van der Waals surface area contributed by atoms with Crippen LogP contribution >= 0.6 is 0 Å². The zero-order valence-electron chi connectivity index (χ0n) is 8.64. The maximum atomic E-state index is 8.81. The molecule has 0 amide bonds. The van der Waals surface area contributed by atoms with Crippen LogP contribution in [0.4, 0.5) is 0 Å². The Bertz CT molecular complexity index is 431. The third-order valence-corrected chi connectivity index (χ3v) is 2.44. The van der Waals surface area contributed by atoms with E-state index in [1.165, 1.54) is 16.7 Å². The minimum absolute atomic E-state index is 0.825. The first-order valence-electron chi connectivity index (χ1n) is 4.94. The highest BCUT2D eigenvalue weighted by Gasteiger charge is 1.97. The van der Waals surface area contributed by atoms with Gasteiger partial charge in [-0.15, -0.1) is 0 Å². The van der Waals surface area contributed by atoms with E-state index in [-0.39, 0.29) is 0 Å². The van der Waals surface area contributed by atoms with Gasteiger partial charge in [0.1, 0.15) is 0 Å². The van der Waals surface area contributed by atoms with E-state index in [2.05, 4.69) is 31.2 Å². The summed E-state index contributed by atoms with van der Waals surface area (Å²) in [6.45, 7) is 2.08. The molecule has 2 rings (SSSR count). The van der Waals surface area contributed by atoms with E-state index in [1.807, 2.05) is 24.3 Å². The van der Waals surface area contributed by atoms with Crippen molar-refractivity contribution >= 4 is 12.9 Å². The van der Waals surface area contributed by atoms with Gasteiger partial charge in [0, 0.05) is 0 Å². The van der Waals surface area contributed by atoms with Crippen LogP contribution in [0.1, 0.15) is 5.56 Å². The third kappa shape index (κ3) is 2.28. The monoisotopic (exact) mass is 195 g/mol. The molecule has 0 saturated heterocycles. The largest absolute Gasteiger partial charge is 0.450 e. The third-order valence-electron chi connectivity index (χ3n) is 2.44. The number of hydrogen-bond donors (Lipinski definition) is 1. The fourth-order valence-electron chi connectivity index (χ4n) is 1.51. The van der Waals surface area contributed by atoms with Crippen molar-refractivity contribution in [2.45, 2.75) is 6.92 Å². The maximum Gasteiger partial charge on any atom is 0.326 e. The zero-order chi connectivity index (χ0) is 10.7. The summed E-state index contributed by atoms with van der Waals surface area (Å²) < 4.78 is 0. The van der Waals surface area contributed by atoms with Crippen molar-refractivity contribution in [1.82, 2.24) is 0 Å². The minimum Gasteiger partial charge on any atom is -0.450 e. The Labute approximate surface area is 90.7 Å². The minimum atomic E-state index is 0.825. The Morgan fingerprint density at radius 1 is 0.800 bits per heavy atom. The molecule has 73 valence electrons. The van der Waals surface area contributed by atoms with Crippen LogP contribution in [0.3, 0.4) is 0 Å². The maximum absolute atomic E-state index is 8.81. The van der Waals surface area contributed by atoms with Crippen molar-refractivity contribution in [2.75, 3.05) is 0 Å². The molecular weight excluding hydrogens is 183 g/mol. The van der Waals surface area contributed by atoms with E-state index in [0.717, 1.165) is 12.9 Å². The van der Waals surface area contributed by atoms with E-state index >= 15 is 0 Å². The highest BCUT2D eigenvalue weighted by atomic mass is 16.2. The molecule has 0 aliphatic carbocycles. The molecular formula is C13H12BO. The van der Waals surface area contributed by atoms with Gasteiger partial charge in [-0.25, -0.2) is 0 Å². The number of hydrogen-bond acceptors (Lipinski definition) is 1. The summed E-state index contributed by atoms with van der Waals surface area (Å²) in [5.41, 5.74) is 4.45. The van der Waals surface area contributed by atoms with Gasteiger partial charge in [-0.05, 0) is 18.1 Å². The quantitative estimate of drug-likeness (QED) is 0.725.